The number of carbonyl (C=O) groups is 2. The third-order valence-corrected chi connectivity index (χ3v) is 7.12. The summed E-state index contributed by atoms with van der Waals surface area (Å²) in [6, 6.07) is 11.1. The van der Waals surface area contributed by atoms with Gasteiger partial charge in [-0.1, -0.05) is 12.1 Å². The number of ether oxygens (including phenoxy) is 1. The summed E-state index contributed by atoms with van der Waals surface area (Å²) in [4.78, 5) is 39.0. The van der Waals surface area contributed by atoms with Crippen LogP contribution in [-0.4, -0.2) is 48.2 Å². The molecule has 3 aromatic rings. The molecule has 0 aliphatic heterocycles. The highest BCUT2D eigenvalue weighted by Crippen LogP contribution is 2.35. The van der Waals surface area contributed by atoms with Crippen LogP contribution in [-0.2, 0) is 11.8 Å². The molecule has 4 rings (SSSR count). The summed E-state index contributed by atoms with van der Waals surface area (Å²) >= 11 is 0. The molecule has 2 amide bonds. The molecule has 0 unspecified atom stereocenters. The molecule has 36 heavy (non-hydrogen) atoms. The second-order valence-electron chi connectivity index (χ2n) is 9.42. The van der Waals surface area contributed by atoms with E-state index in [-0.39, 0.29) is 29.5 Å². The van der Waals surface area contributed by atoms with Gasteiger partial charge in [0.15, 0.2) is 0 Å². The van der Waals surface area contributed by atoms with Crippen molar-refractivity contribution in [2.75, 3.05) is 32.6 Å². The number of amides is 2. The molecule has 1 heterocycles. The summed E-state index contributed by atoms with van der Waals surface area (Å²) in [5.74, 6) is 0.413. The summed E-state index contributed by atoms with van der Waals surface area (Å²) < 4.78 is 8.72. The maximum atomic E-state index is 13.3. The third kappa shape index (κ3) is 5.02. The van der Waals surface area contributed by atoms with Crippen molar-refractivity contribution < 1.29 is 14.3 Å². The third-order valence-electron chi connectivity index (χ3n) is 7.12. The van der Waals surface area contributed by atoms with Crippen LogP contribution in [0, 0.1) is 12.8 Å². The Morgan fingerprint density at radius 2 is 1.83 bits per heavy atom. The average Bonchev–Trinajstić information content (AvgIpc) is 3.15. The number of aromatic nitrogens is 2. The number of imidazole rings is 1. The fourth-order valence-corrected chi connectivity index (χ4v) is 5.11. The number of anilines is 1. The first-order valence-corrected chi connectivity index (χ1v) is 12.4. The van der Waals surface area contributed by atoms with Gasteiger partial charge >= 0.3 is 5.69 Å². The molecule has 1 aliphatic rings. The molecule has 2 aromatic carbocycles. The fourth-order valence-electron chi connectivity index (χ4n) is 5.11. The Morgan fingerprint density at radius 1 is 1.08 bits per heavy atom. The zero-order valence-corrected chi connectivity index (χ0v) is 21.4. The predicted molar refractivity (Wildman–Crippen MR) is 141 cm³/mol. The van der Waals surface area contributed by atoms with Crippen LogP contribution in [0.3, 0.4) is 0 Å². The van der Waals surface area contributed by atoms with Gasteiger partial charge in [0.2, 0.25) is 5.91 Å². The summed E-state index contributed by atoms with van der Waals surface area (Å²) in [6.45, 7) is 3.12. The van der Waals surface area contributed by atoms with Gasteiger partial charge < -0.3 is 20.7 Å². The van der Waals surface area contributed by atoms with Gasteiger partial charge in [-0.25, -0.2) is 4.79 Å². The maximum Gasteiger partial charge on any atom is 0.329 e. The van der Waals surface area contributed by atoms with Crippen molar-refractivity contribution in [1.82, 2.24) is 19.8 Å². The van der Waals surface area contributed by atoms with E-state index < -0.39 is 0 Å². The minimum absolute atomic E-state index is 0.00912. The summed E-state index contributed by atoms with van der Waals surface area (Å²) in [5.41, 5.74) is 3.47. The molecular weight excluding hydrogens is 458 g/mol. The first kappa shape index (κ1) is 25.5. The highest BCUT2D eigenvalue weighted by atomic mass is 16.5. The summed E-state index contributed by atoms with van der Waals surface area (Å²) in [5, 5.41) is 8.91. The van der Waals surface area contributed by atoms with E-state index in [0.717, 1.165) is 22.5 Å². The van der Waals surface area contributed by atoms with Gasteiger partial charge in [0.1, 0.15) is 5.75 Å². The van der Waals surface area contributed by atoms with Crippen LogP contribution in [0.1, 0.15) is 47.6 Å². The van der Waals surface area contributed by atoms with E-state index in [1.54, 1.807) is 29.4 Å². The normalized spacial score (nSPS) is 17.7. The molecule has 0 spiro atoms. The van der Waals surface area contributed by atoms with E-state index in [0.29, 0.717) is 49.9 Å². The summed E-state index contributed by atoms with van der Waals surface area (Å²) in [6.07, 6.45) is 2.80. The number of likely N-dealkylation sites (N-methyl/N-ethyl adjacent to an activating group) is 1. The number of benzene rings is 2. The lowest BCUT2D eigenvalue weighted by Gasteiger charge is -2.28. The molecular formula is C27H35N5O4. The second kappa shape index (κ2) is 11.0. The Bertz CT molecular complexity index is 1320. The molecule has 3 N–H and O–H groups in total. The number of carbonyl (C=O) groups excluding carboxylic acids is 2. The molecule has 1 fully saturated rings. The highest BCUT2D eigenvalue weighted by Gasteiger charge is 2.30. The first-order valence-electron chi connectivity index (χ1n) is 12.4. The second-order valence-corrected chi connectivity index (χ2v) is 9.42. The maximum absolute atomic E-state index is 13.3. The van der Waals surface area contributed by atoms with Crippen LogP contribution in [0.4, 0.5) is 5.69 Å². The average molecular weight is 494 g/mol. The van der Waals surface area contributed by atoms with E-state index in [1.165, 1.54) is 0 Å². The van der Waals surface area contributed by atoms with Gasteiger partial charge in [-0.3, -0.25) is 18.7 Å². The number of aryl methyl sites for hydroxylation is 2. The van der Waals surface area contributed by atoms with E-state index in [4.69, 9.17) is 4.74 Å². The number of nitrogens with one attached hydrogen (secondary N) is 3. The number of nitrogens with zero attached hydrogens (tertiary/aromatic N) is 2. The van der Waals surface area contributed by atoms with E-state index >= 15 is 0 Å². The van der Waals surface area contributed by atoms with Gasteiger partial charge in [0, 0.05) is 43.9 Å². The predicted octanol–water partition coefficient (Wildman–Crippen LogP) is 2.98. The molecule has 0 bridgehead atoms. The molecule has 0 saturated heterocycles. The molecule has 192 valence electrons. The van der Waals surface area contributed by atoms with Crippen molar-refractivity contribution in [3.05, 3.63) is 58.0 Å². The quantitative estimate of drug-likeness (QED) is 0.419. The minimum Gasteiger partial charge on any atom is -0.496 e. The molecule has 9 heteroatoms. The Labute approximate surface area is 210 Å². The van der Waals surface area contributed by atoms with Gasteiger partial charge in [0.05, 0.1) is 23.7 Å². The number of hydrogen-bond acceptors (Lipinski definition) is 5. The fraction of sp³-hybridized carbons (Fsp3) is 0.444. The SMILES string of the molecule is CNCCNC(=O)c1cccc2c1n(C)c(=O)n2[C@H]1CC[C@@H](C(=O)Nc2ccc(C)c(OC)c2)CC1. The van der Waals surface area contributed by atoms with Crippen LogP contribution < -0.4 is 26.4 Å². The lowest BCUT2D eigenvalue weighted by molar-refractivity contribution is -0.121. The first-order chi connectivity index (χ1) is 17.3. The van der Waals surface area contributed by atoms with E-state index in [9.17, 15) is 14.4 Å². The van der Waals surface area contributed by atoms with Crippen LogP contribution in [0.5, 0.6) is 5.75 Å². The van der Waals surface area contributed by atoms with Gasteiger partial charge in [-0.05, 0) is 63.4 Å². The Morgan fingerprint density at radius 3 is 2.53 bits per heavy atom. The number of rotatable bonds is 8. The van der Waals surface area contributed by atoms with Crippen LogP contribution in [0.15, 0.2) is 41.2 Å². The van der Waals surface area contributed by atoms with Crippen molar-refractivity contribution in [1.29, 1.82) is 0 Å². The number of fused-ring (bicyclic) bond motifs is 1. The van der Waals surface area contributed by atoms with Gasteiger partial charge in [-0.15, -0.1) is 0 Å². The number of para-hydroxylation sites is 1. The molecule has 1 aliphatic carbocycles. The lowest BCUT2D eigenvalue weighted by atomic mass is 9.85. The highest BCUT2D eigenvalue weighted by molar-refractivity contribution is 6.05. The number of hydrogen-bond donors (Lipinski definition) is 3. The van der Waals surface area contributed by atoms with Crippen molar-refractivity contribution in [3.63, 3.8) is 0 Å². The molecule has 1 saturated carbocycles. The lowest BCUT2D eigenvalue weighted by Crippen LogP contribution is -2.32. The van der Waals surface area contributed by atoms with Gasteiger partial charge in [-0.2, -0.15) is 0 Å². The summed E-state index contributed by atoms with van der Waals surface area (Å²) in [7, 11) is 5.15. The Hall–Kier alpha value is -3.59. The van der Waals surface area contributed by atoms with Crippen molar-refractivity contribution in [2.45, 2.75) is 38.6 Å². The van der Waals surface area contributed by atoms with Crippen LogP contribution in [0.25, 0.3) is 11.0 Å². The number of methoxy groups -OCH3 is 1. The van der Waals surface area contributed by atoms with E-state index in [1.807, 2.05) is 44.3 Å². The Balaban J connectivity index is 1.49. The zero-order valence-electron chi connectivity index (χ0n) is 21.4. The van der Waals surface area contributed by atoms with Gasteiger partial charge in [0.25, 0.3) is 5.91 Å². The molecule has 9 nitrogen and oxygen atoms in total. The van der Waals surface area contributed by atoms with Crippen LogP contribution in [0.2, 0.25) is 0 Å². The van der Waals surface area contributed by atoms with Crippen molar-refractivity contribution in [3.8, 4) is 5.75 Å². The molecule has 1 aromatic heterocycles. The minimum atomic E-state index is -0.197. The monoisotopic (exact) mass is 493 g/mol. The largest absolute Gasteiger partial charge is 0.496 e. The molecule has 0 radical (unpaired) electrons. The standard InChI is InChI=1S/C27H35N5O4/c1-17-8-11-19(16-23(17)36-4)30-25(33)18-9-12-20(13-10-18)32-22-7-5-6-21(24(22)31(3)27(32)35)26(34)29-15-14-28-2/h5-8,11,16,18,20,28H,9-10,12-15H2,1-4H3,(H,29,34)(H,30,33)/t18-,20+. The Kier molecular flexibility index (Phi) is 7.79. The molecule has 0 atom stereocenters. The van der Waals surface area contributed by atoms with Crippen molar-refractivity contribution >= 4 is 28.5 Å². The zero-order chi connectivity index (χ0) is 25.8. The topological polar surface area (TPSA) is 106 Å². The van der Waals surface area contributed by atoms with Crippen molar-refractivity contribution in [2.24, 2.45) is 13.0 Å². The van der Waals surface area contributed by atoms with Crippen LogP contribution >= 0.6 is 0 Å². The smallest absolute Gasteiger partial charge is 0.329 e. The van der Waals surface area contributed by atoms with E-state index in [2.05, 4.69) is 16.0 Å².